The predicted molar refractivity (Wildman–Crippen MR) is 77.2 cm³/mol. The minimum atomic E-state index is -0.702. The van der Waals surface area contributed by atoms with Gasteiger partial charge < -0.3 is 16.4 Å². The number of hydrogen-bond acceptors (Lipinski definition) is 2. The van der Waals surface area contributed by atoms with Crippen molar-refractivity contribution in [3.05, 3.63) is 65.5 Å². The Kier molecular flexibility index (Phi) is 4.50. The van der Waals surface area contributed by atoms with Crippen LogP contribution in [0.2, 0.25) is 0 Å². The summed E-state index contributed by atoms with van der Waals surface area (Å²) in [5.41, 5.74) is 6.48. The van der Waals surface area contributed by atoms with Crippen molar-refractivity contribution in [2.75, 3.05) is 5.32 Å². The summed E-state index contributed by atoms with van der Waals surface area (Å²) in [6.07, 6.45) is 0. The number of primary amides is 1. The molecule has 0 atom stereocenters. The number of halogens is 1. The molecule has 0 spiro atoms. The first-order chi connectivity index (χ1) is 10.0. The molecule has 0 unspecified atom stereocenters. The molecule has 0 aliphatic heterocycles. The third-order valence-corrected chi connectivity index (χ3v) is 2.73. The van der Waals surface area contributed by atoms with Crippen molar-refractivity contribution >= 4 is 17.6 Å². The maximum atomic E-state index is 13.0. The van der Waals surface area contributed by atoms with Crippen LogP contribution in [0.4, 0.5) is 14.9 Å². The largest absolute Gasteiger partial charge is 0.351 e. The minimum Gasteiger partial charge on any atom is -0.351 e. The number of anilines is 1. The summed E-state index contributed by atoms with van der Waals surface area (Å²) in [7, 11) is 0. The molecule has 0 saturated heterocycles. The van der Waals surface area contributed by atoms with Crippen LogP contribution in [0.15, 0.2) is 48.5 Å². The van der Waals surface area contributed by atoms with Gasteiger partial charge >= 0.3 is 6.03 Å². The highest BCUT2D eigenvalue weighted by atomic mass is 19.1. The Morgan fingerprint density at radius 2 is 1.86 bits per heavy atom. The molecule has 6 heteroatoms. The topological polar surface area (TPSA) is 84.2 Å². The second-order valence-corrected chi connectivity index (χ2v) is 4.38. The molecule has 4 N–H and O–H groups in total. The van der Waals surface area contributed by atoms with Crippen LogP contribution in [0.5, 0.6) is 0 Å². The molecule has 0 radical (unpaired) electrons. The van der Waals surface area contributed by atoms with Gasteiger partial charge in [0.25, 0.3) is 5.91 Å². The Bertz CT molecular complexity index is 673. The van der Waals surface area contributed by atoms with Gasteiger partial charge in [-0.25, -0.2) is 9.18 Å². The molecule has 2 rings (SSSR count). The summed E-state index contributed by atoms with van der Waals surface area (Å²) in [4.78, 5) is 22.8. The van der Waals surface area contributed by atoms with Gasteiger partial charge in [0.2, 0.25) is 0 Å². The van der Waals surface area contributed by atoms with E-state index >= 15 is 0 Å². The fraction of sp³-hybridized carbons (Fsp3) is 0.0667. The van der Waals surface area contributed by atoms with Gasteiger partial charge in [0.05, 0.1) is 0 Å². The van der Waals surface area contributed by atoms with E-state index in [1.54, 1.807) is 30.3 Å². The van der Waals surface area contributed by atoms with E-state index in [-0.39, 0.29) is 18.3 Å². The Morgan fingerprint density at radius 1 is 1.10 bits per heavy atom. The Morgan fingerprint density at radius 3 is 2.57 bits per heavy atom. The number of benzene rings is 2. The van der Waals surface area contributed by atoms with Crippen molar-refractivity contribution in [1.29, 1.82) is 0 Å². The van der Waals surface area contributed by atoms with E-state index in [0.29, 0.717) is 16.8 Å². The van der Waals surface area contributed by atoms with Gasteiger partial charge in [-0.1, -0.05) is 18.2 Å². The van der Waals surface area contributed by atoms with Gasteiger partial charge in [0.1, 0.15) is 5.82 Å². The quantitative estimate of drug-likeness (QED) is 0.805. The van der Waals surface area contributed by atoms with Gasteiger partial charge in [-0.2, -0.15) is 0 Å². The maximum absolute atomic E-state index is 13.0. The zero-order valence-corrected chi connectivity index (χ0v) is 11.1. The van der Waals surface area contributed by atoms with E-state index in [1.807, 2.05) is 0 Å². The zero-order chi connectivity index (χ0) is 15.2. The first-order valence-electron chi connectivity index (χ1n) is 6.24. The molecule has 0 heterocycles. The lowest BCUT2D eigenvalue weighted by molar-refractivity contribution is 0.0951. The predicted octanol–water partition coefficient (Wildman–Crippen LogP) is 2.25. The Hall–Kier alpha value is -2.89. The lowest BCUT2D eigenvalue weighted by atomic mass is 10.1. The smallest absolute Gasteiger partial charge is 0.316 e. The number of rotatable bonds is 4. The van der Waals surface area contributed by atoms with E-state index in [0.717, 1.165) is 0 Å². The molecular weight excluding hydrogens is 273 g/mol. The van der Waals surface area contributed by atoms with Crippen molar-refractivity contribution in [2.45, 2.75) is 6.54 Å². The molecule has 0 saturated carbocycles. The number of amides is 3. The molecule has 0 fully saturated rings. The van der Waals surface area contributed by atoms with Crippen molar-refractivity contribution in [1.82, 2.24) is 5.32 Å². The SMILES string of the molecule is NC(=O)Nc1cccc(C(=O)NCc2cccc(F)c2)c1. The van der Waals surface area contributed by atoms with E-state index in [4.69, 9.17) is 5.73 Å². The fourth-order valence-corrected chi connectivity index (χ4v) is 1.81. The third-order valence-electron chi connectivity index (χ3n) is 2.73. The van der Waals surface area contributed by atoms with Crippen LogP contribution >= 0.6 is 0 Å². The molecule has 5 nitrogen and oxygen atoms in total. The third kappa shape index (κ3) is 4.31. The number of hydrogen-bond donors (Lipinski definition) is 3. The molecule has 0 aromatic heterocycles. The summed E-state index contributed by atoms with van der Waals surface area (Å²) in [5.74, 6) is -0.679. The number of nitrogens with one attached hydrogen (secondary N) is 2. The second-order valence-electron chi connectivity index (χ2n) is 4.38. The first kappa shape index (κ1) is 14.5. The standard InChI is InChI=1S/C15H14FN3O2/c16-12-5-1-3-10(7-12)9-18-14(20)11-4-2-6-13(8-11)19-15(17)21/h1-8H,9H2,(H,18,20)(H3,17,19,21). The minimum absolute atomic E-state index is 0.212. The highest BCUT2D eigenvalue weighted by molar-refractivity contribution is 5.96. The molecule has 108 valence electrons. The molecule has 21 heavy (non-hydrogen) atoms. The van der Waals surface area contributed by atoms with Crippen LogP contribution in [-0.2, 0) is 6.54 Å². The number of carbonyl (C=O) groups excluding carboxylic acids is 2. The van der Waals surface area contributed by atoms with Crippen LogP contribution in [0.25, 0.3) is 0 Å². The molecule has 0 aliphatic rings. The molecule has 0 bridgehead atoms. The molecule has 2 aromatic rings. The molecule has 0 aliphatic carbocycles. The number of carbonyl (C=O) groups is 2. The molecular formula is C15H14FN3O2. The Labute approximate surface area is 121 Å². The van der Waals surface area contributed by atoms with Crippen molar-refractivity contribution in [2.24, 2.45) is 5.73 Å². The van der Waals surface area contributed by atoms with Gasteiger partial charge in [0, 0.05) is 17.8 Å². The summed E-state index contributed by atoms with van der Waals surface area (Å²) in [5, 5.41) is 5.06. The average molecular weight is 287 g/mol. The van der Waals surface area contributed by atoms with E-state index < -0.39 is 6.03 Å². The zero-order valence-electron chi connectivity index (χ0n) is 11.1. The average Bonchev–Trinajstić information content (AvgIpc) is 2.44. The first-order valence-corrected chi connectivity index (χ1v) is 6.24. The van der Waals surface area contributed by atoms with Gasteiger partial charge in [-0.15, -0.1) is 0 Å². The summed E-state index contributed by atoms with van der Waals surface area (Å²) < 4.78 is 13.0. The summed E-state index contributed by atoms with van der Waals surface area (Å²) in [6, 6.07) is 11.6. The van der Waals surface area contributed by atoms with Crippen LogP contribution in [-0.4, -0.2) is 11.9 Å². The molecule has 2 aromatic carbocycles. The summed E-state index contributed by atoms with van der Waals surface area (Å²) in [6.45, 7) is 0.212. The van der Waals surface area contributed by atoms with E-state index in [1.165, 1.54) is 18.2 Å². The normalized spacial score (nSPS) is 9.95. The van der Waals surface area contributed by atoms with Crippen LogP contribution < -0.4 is 16.4 Å². The van der Waals surface area contributed by atoms with E-state index in [9.17, 15) is 14.0 Å². The number of urea groups is 1. The van der Waals surface area contributed by atoms with Gasteiger partial charge in [0.15, 0.2) is 0 Å². The molecule has 3 amide bonds. The number of nitrogens with two attached hydrogens (primary N) is 1. The highest BCUT2D eigenvalue weighted by Gasteiger charge is 2.07. The van der Waals surface area contributed by atoms with Crippen molar-refractivity contribution < 1.29 is 14.0 Å². The van der Waals surface area contributed by atoms with Crippen LogP contribution in [0.1, 0.15) is 15.9 Å². The van der Waals surface area contributed by atoms with Crippen molar-refractivity contribution in [3.63, 3.8) is 0 Å². The fourth-order valence-electron chi connectivity index (χ4n) is 1.81. The van der Waals surface area contributed by atoms with Crippen LogP contribution in [0, 0.1) is 5.82 Å². The summed E-state index contributed by atoms with van der Waals surface area (Å²) >= 11 is 0. The Balaban J connectivity index is 2.01. The maximum Gasteiger partial charge on any atom is 0.316 e. The second kappa shape index (κ2) is 6.51. The lowest BCUT2D eigenvalue weighted by Gasteiger charge is -2.07. The highest BCUT2D eigenvalue weighted by Crippen LogP contribution is 2.11. The van der Waals surface area contributed by atoms with Gasteiger partial charge in [-0.05, 0) is 35.9 Å². The van der Waals surface area contributed by atoms with Crippen LogP contribution in [0.3, 0.4) is 0 Å². The van der Waals surface area contributed by atoms with E-state index in [2.05, 4.69) is 10.6 Å². The monoisotopic (exact) mass is 287 g/mol. The lowest BCUT2D eigenvalue weighted by Crippen LogP contribution is -2.23. The van der Waals surface area contributed by atoms with Crippen molar-refractivity contribution in [3.8, 4) is 0 Å². The van der Waals surface area contributed by atoms with Gasteiger partial charge in [-0.3, -0.25) is 4.79 Å².